The minimum atomic E-state index is -0.401. The second-order valence-electron chi connectivity index (χ2n) is 16.1. The van der Waals surface area contributed by atoms with Crippen LogP contribution in [0.2, 0.25) is 0 Å². The largest absolute Gasteiger partial charge is 0.310 e. The summed E-state index contributed by atoms with van der Waals surface area (Å²) in [6, 6.07) is 78.6. The van der Waals surface area contributed by atoms with E-state index in [1.807, 2.05) is 0 Å². The van der Waals surface area contributed by atoms with Crippen molar-refractivity contribution in [3.05, 3.63) is 246 Å². The molecule has 1 nitrogen and oxygen atoms in total. The molecule has 0 fully saturated rings. The van der Waals surface area contributed by atoms with Gasteiger partial charge in [0, 0.05) is 22.2 Å². The summed E-state index contributed by atoms with van der Waals surface area (Å²) in [5.41, 5.74) is 18.6. The fourth-order valence-corrected chi connectivity index (χ4v) is 10.1. The molecule has 0 amide bonds. The molecule has 0 saturated heterocycles. The van der Waals surface area contributed by atoms with Crippen molar-refractivity contribution in [2.24, 2.45) is 0 Å². The summed E-state index contributed by atoms with van der Waals surface area (Å²) < 4.78 is 0. The van der Waals surface area contributed by atoms with Gasteiger partial charge in [-0.05, 0) is 109 Å². The van der Waals surface area contributed by atoms with Crippen LogP contribution in [0.15, 0.2) is 212 Å². The first-order valence-corrected chi connectivity index (χ1v) is 20.0. The fourth-order valence-electron chi connectivity index (χ4n) is 10.1. The van der Waals surface area contributed by atoms with Crippen molar-refractivity contribution < 1.29 is 0 Å². The molecule has 0 spiro atoms. The Kier molecular flexibility index (Phi) is 7.50. The maximum Gasteiger partial charge on any atom is 0.0713 e. The van der Waals surface area contributed by atoms with E-state index in [2.05, 4.69) is 231 Å². The van der Waals surface area contributed by atoms with E-state index in [0.717, 1.165) is 11.4 Å². The predicted molar refractivity (Wildman–Crippen MR) is 239 cm³/mol. The van der Waals surface area contributed by atoms with Crippen molar-refractivity contribution >= 4 is 27.8 Å². The lowest BCUT2D eigenvalue weighted by Crippen LogP contribution is -2.28. The molecule has 270 valence electrons. The molecule has 11 rings (SSSR count). The summed E-state index contributed by atoms with van der Waals surface area (Å²) in [6.07, 6.45) is 0. The monoisotopic (exact) mass is 727 g/mol. The summed E-state index contributed by atoms with van der Waals surface area (Å²) in [4.78, 5) is 2.44. The summed E-state index contributed by atoms with van der Waals surface area (Å²) in [5.74, 6) is 0. The van der Waals surface area contributed by atoms with Gasteiger partial charge < -0.3 is 4.90 Å². The number of fused-ring (bicyclic) bond motifs is 7. The van der Waals surface area contributed by atoms with E-state index in [4.69, 9.17) is 0 Å². The second kappa shape index (κ2) is 12.8. The number of benzene rings is 9. The third-order valence-corrected chi connectivity index (χ3v) is 12.8. The van der Waals surface area contributed by atoms with Gasteiger partial charge in [0.05, 0.1) is 11.1 Å². The van der Waals surface area contributed by atoms with E-state index in [9.17, 15) is 0 Å². The van der Waals surface area contributed by atoms with Crippen LogP contribution >= 0.6 is 0 Å². The average molecular weight is 728 g/mol. The molecule has 9 aromatic rings. The lowest BCUT2D eigenvalue weighted by atomic mass is 9.67. The molecular formula is C56H41N. The Labute approximate surface area is 335 Å². The minimum Gasteiger partial charge on any atom is -0.310 e. The third kappa shape index (κ3) is 4.95. The molecule has 9 aromatic carbocycles. The summed E-state index contributed by atoms with van der Waals surface area (Å²) in [5, 5.41) is 2.45. The zero-order valence-electron chi connectivity index (χ0n) is 32.2. The number of anilines is 3. The van der Waals surface area contributed by atoms with Crippen LogP contribution < -0.4 is 4.90 Å². The molecule has 0 bridgehead atoms. The summed E-state index contributed by atoms with van der Waals surface area (Å²) >= 11 is 0. The van der Waals surface area contributed by atoms with Gasteiger partial charge in [-0.15, -0.1) is 0 Å². The number of nitrogens with zero attached hydrogens (tertiary/aromatic N) is 1. The Morgan fingerprint density at radius 1 is 0.351 bits per heavy atom. The molecule has 57 heavy (non-hydrogen) atoms. The maximum absolute atomic E-state index is 2.44. The van der Waals surface area contributed by atoms with Crippen molar-refractivity contribution in [2.75, 3.05) is 4.90 Å². The minimum absolute atomic E-state index is 0.0962. The van der Waals surface area contributed by atoms with E-state index in [-0.39, 0.29) is 5.41 Å². The number of hydrogen-bond donors (Lipinski definition) is 0. The number of rotatable bonds is 6. The van der Waals surface area contributed by atoms with Crippen LogP contribution in [0.1, 0.15) is 47.2 Å². The average Bonchev–Trinajstić information content (AvgIpc) is 3.70. The lowest BCUT2D eigenvalue weighted by molar-refractivity contribution is 0.660. The topological polar surface area (TPSA) is 3.24 Å². The zero-order chi connectivity index (χ0) is 38.1. The number of hydrogen-bond acceptors (Lipinski definition) is 1. The molecule has 0 aromatic heterocycles. The third-order valence-electron chi connectivity index (χ3n) is 12.8. The Morgan fingerprint density at radius 3 is 1.63 bits per heavy atom. The van der Waals surface area contributed by atoms with Crippen LogP contribution in [-0.4, -0.2) is 0 Å². The SMILES string of the molecule is CC1(C)c2ccccc2-c2ccc(N(c3ccc(-c4ccc5c(c4)-c4ccccc4C5(c4ccccc4)c4ccccc4)cc3)c3cccc4ccccc34)cc21. The first kappa shape index (κ1) is 33.4. The molecule has 0 atom stereocenters. The van der Waals surface area contributed by atoms with Crippen LogP contribution in [-0.2, 0) is 10.8 Å². The van der Waals surface area contributed by atoms with Crippen molar-refractivity contribution in [1.29, 1.82) is 0 Å². The smallest absolute Gasteiger partial charge is 0.0713 e. The van der Waals surface area contributed by atoms with Crippen LogP contribution in [0.4, 0.5) is 17.1 Å². The van der Waals surface area contributed by atoms with Gasteiger partial charge in [-0.1, -0.05) is 190 Å². The Balaban J connectivity index is 1.05. The molecule has 2 aliphatic rings. The first-order valence-electron chi connectivity index (χ1n) is 20.0. The quantitative estimate of drug-likeness (QED) is 0.165. The van der Waals surface area contributed by atoms with Crippen LogP contribution in [0.3, 0.4) is 0 Å². The van der Waals surface area contributed by atoms with E-state index < -0.39 is 5.41 Å². The van der Waals surface area contributed by atoms with Gasteiger partial charge in [0.1, 0.15) is 0 Å². The summed E-state index contributed by atoms with van der Waals surface area (Å²) in [6.45, 7) is 4.72. The molecule has 2 aliphatic carbocycles. The second-order valence-corrected chi connectivity index (χ2v) is 16.1. The van der Waals surface area contributed by atoms with E-state index >= 15 is 0 Å². The maximum atomic E-state index is 2.44. The fraction of sp³-hybridized carbons (Fsp3) is 0.0714. The highest BCUT2D eigenvalue weighted by molar-refractivity contribution is 5.99. The van der Waals surface area contributed by atoms with E-state index in [1.165, 1.54) is 83.2 Å². The van der Waals surface area contributed by atoms with Gasteiger partial charge in [-0.2, -0.15) is 0 Å². The van der Waals surface area contributed by atoms with Crippen LogP contribution in [0.25, 0.3) is 44.2 Å². The van der Waals surface area contributed by atoms with Gasteiger partial charge in [0.15, 0.2) is 0 Å². The lowest BCUT2D eigenvalue weighted by Gasteiger charge is -2.33. The van der Waals surface area contributed by atoms with Gasteiger partial charge in [-0.3, -0.25) is 0 Å². The van der Waals surface area contributed by atoms with Gasteiger partial charge in [0.25, 0.3) is 0 Å². The predicted octanol–water partition coefficient (Wildman–Crippen LogP) is 14.6. The molecule has 0 saturated carbocycles. The normalized spacial score (nSPS) is 14.1. The Bertz CT molecular complexity index is 2930. The molecule has 0 N–H and O–H groups in total. The van der Waals surface area contributed by atoms with Crippen molar-refractivity contribution in [2.45, 2.75) is 24.7 Å². The first-order chi connectivity index (χ1) is 28.0. The van der Waals surface area contributed by atoms with Gasteiger partial charge in [-0.25, -0.2) is 0 Å². The van der Waals surface area contributed by atoms with Gasteiger partial charge in [0.2, 0.25) is 0 Å². The molecule has 0 heterocycles. The summed E-state index contributed by atoms with van der Waals surface area (Å²) in [7, 11) is 0. The molecule has 0 aliphatic heterocycles. The highest BCUT2D eigenvalue weighted by atomic mass is 15.1. The highest BCUT2D eigenvalue weighted by Crippen LogP contribution is 2.57. The molecule has 0 unspecified atom stereocenters. The standard InChI is InChI=1S/C56H41N/c1-55(2)50-25-13-11-23-46(50)48-34-33-44(37-53(48)55)57(54-27-15-17-39-16-9-10-22-45(39)54)43-31-28-38(29-32-43)40-30-35-52-49(36-40)47-24-12-14-26-51(47)56(52,41-18-5-3-6-19-41)42-20-7-4-8-21-42/h3-37H,1-2H3. The van der Waals surface area contributed by atoms with Crippen molar-refractivity contribution in [3.8, 4) is 33.4 Å². The highest BCUT2D eigenvalue weighted by Gasteiger charge is 2.46. The van der Waals surface area contributed by atoms with Crippen molar-refractivity contribution in [3.63, 3.8) is 0 Å². The van der Waals surface area contributed by atoms with Crippen molar-refractivity contribution in [1.82, 2.24) is 0 Å². The van der Waals surface area contributed by atoms with E-state index in [0.29, 0.717) is 0 Å². The zero-order valence-corrected chi connectivity index (χ0v) is 32.2. The van der Waals surface area contributed by atoms with Crippen LogP contribution in [0.5, 0.6) is 0 Å². The van der Waals surface area contributed by atoms with Gasteiger partial charge >= 0.3 is 0 Å². The Hall–Kier alpha value is -6.96. The molecule has 0 radical (unpaired) electrons. The molecular weight excluding hydrogens is 687 g/mol. The van der Waals surface area contributed by atoms with E-state index in [1.54, 1.807) is 0 Å². The van der Waals surface area contributed by atoms with Crippen LogP contribution in [0, 0.1) is 0 Å². The Morgan fingerprint density at radius 2 is 0.895 bits per heavy atom. The molecule has 1 heteroatoms.